The molecule has 1 N–H and O–H groups in total. The molecule has 0 aliphatic heterocycles. The molecule has 0 bridgehead atoms. The molecule has 0 radical (unpaired) electrons. The molecule has 2 aromatic heterocycles. The van der Waals surface area contributed by atoms with Crippen LogP contribution in [-0.4, -0.2) is 31.8 Å². The third-order valence-corrected chi connectivity index (χ3v) is 4.25. The fourth-order valence-corrected chi connectivity index (χ4v) is 2.80. The second-order valence-corrected chi connectivity index (χ2v) is 7.13. The normalized spacial score (nSPS) is 12.3. The van der Waals surface area contributed by atoms with Gasteiger partial charge < -0.3 is 10.1 Å². The fourth-order valence-electron chi connectivity index (χ4n) is 2.80. The van der Waals surface area contributed by atoms with Gasteiger partial charge >= 0.3 is 0 Å². The number of aromatic nitrogens is 4. The van der Waals surface area contributed by atoms with Gasteiger partial charge in [0.1, 0.15) is 12.1 Å². The van der Waals surface area contributed by atoms with Gasteiger partial charge in [0.05, 0.1) is 0 Å². The Kier molecular flexibility index (Phi) is 6.01. The second-order valence-electron chi connectivity index (χ2n) is 7.13. The minimum atomic E-state index is -0.0975. The van der Waals surface area contributed by atoms with Crippen LogP contribution >= 0.6 is 0 Å². The largest absolute Gasteiger partial charge is 0.438 e. The average molecular weight is 367 g/mol. The van der Waals surface area contributed by atoms with Crippen LogP contribution in [0.1, 0.15) is 50.4 Å². The molecular weight excluding hydrogens is 342 g/mol. The summed E-state index contributed by atoms with van der Waals surface area (Å²) in [5.41, 5.74) is 1.20. The summed E-state index contributed by atoms with van der Waals surface area (Å²) in [6, 6.07) is 10.7. The van der Waals surface area contributed by atoms with Gasteiger partial charge in [0.2, 0.25) is 5.88 Å². The van der Waals surface area contributed by atoms with Crippen molar-refractivity contribution in [1.82, 2.24) is 25.1 Å². The lowest BCUT2D eigenvalue weighted by atomic mass is 10.0. The molecule has 1 aromatic carbocycles. The SMILES string of the molecule is CC(C)CCCC(C)NC(=O)c1cccc(Oc2ccc3nncn3n2)c1. The number of rotatable bonds is 8. The number of benzene rings is 1. The van der Waals surface area contributed by atoms with Crippen LogP contribution in [0.3, 0.4) is 0 Å². The molecule has 142 valence electrons. The van der Waals surface area contributed by atoms with Gasteiger partial charge in [-0.05, 0) is 43.5 Å². The zero-order valence-corrected chi connectivity index (χ0v) is 15.9. The summed E-state index contributed by atoms with van der Waals surface area (Å²) in [5.74, 6) is 1.55. The van der Waals surface area contributed by atoms with E-state index >= 15 is 0 Å². The summed E-state index contributed by atoms with van der Waals surface area (Å²) >= 11 is 0. The van der Waals surface area contributed by atoms with E-state index in [1.54, 1.807) is 36.4 Å². The highest BCUT2D eigenvalue weighted by Crippen LogP contribution is 2.20. The summed E-state index contributed by atoms with van der Waals surface area (Å²) in [7, 11) is 0. The van der Waals surface area contributed by atoms with Crippen LogP contribution in [0.15, 0.2) is 42.7 Å². The monoisotopic (exact) mass is 367 g/mol. The third-order valence-electron chi connectivity index (χ3n) is 4.25. The van der Waals surface area contributed by atoms with Crippen LogP contribution in [0.5, 0.6) is 11.6 Å². The van der Waals surface area contributed by atoms with E-state index in [4.69, 9.17) is 4.74 Å². The second kappa shape index (κ2) is 8.62. The van der Waals surface area contributed by atoms with E-state index in [2.05, 4.69) is 34.5 Å². The van der Waals surface area contributed by atoms with E-state index in [1.807, 2.05) is 6.92 Å². The first-order valence-corrected chi connectivity index (χ1v) is 9.27. The molecule has 27 heavy (non-hydrogen) atoms. The zero-order valence-electron chi connectivity index (χ0n) is 15.9. The molecule has 1 amide bonds. The molecule has 2 heterocycles. The molecule has 3 aromatic rings. The van der Waals surface area contributed by atoms with Crippen molar-refractivity contribution in [3.05, 3.63) is 48.3 Å². The Balaban J connectivity index is 1.61. The zero-order chi connectivity index (χ0) is 19.2. The van der Waals surface area contributed by atoms with Crippen molar-refractivity contribution in [2.75, 3.05) is 0 Å². The molecule has 0 spiro atoms. The summed E-state index contributed by atoms with van der Waals surface area (Å²) in [5, 5.41) is 15.0. The van der Waals surface area contributed by atoms with E-state index in [0.717, 1.165) is 12.8 Å². The van der Waals surface area contributed by atoms with Crippen LogP contribution in [0.4, 0.5) is 0 Å². The van der Waals surface area contributed by atoms with E-state index in [0.29, 0.717) is 28.8 Å². The van der Waals surface area contributed by atoms with Crippen LogP contribution in [0, 0.1) is 5.92 Å². The van der Waals surface area contributed by atoms with Crippen LogP contribution in [-0.2, 0) is 0 Å². The van der Waals surface area contributed by atoms with E-state index in [9.17, 15) is 4.79 Å². The highest BCUT2D eigenvalue weighted by molar-refractivity contribution is 5.94. The van der Waals surface area contributed by atoms with Crippen molar-refractivity contribution in [2.45, 2.75) is 46.1 Å². The van der Waals surface area contributed by atoms with Gasteiger partial charge in [0, 0.05) is 17.7 Å². The minimum absolute atomic E-state index is 0.0975. The van der Waals surface area contributed by atoms with Crippen molar-refractivity contribution in [3.63, 3.8) is 0 Å². The van der Waals surface area contributed by atoms with Gasteiger partial charge in [0.25, 0.3) is 5.91 Å². The lowest BCUT2D eigenvalue weighted by Crippen LogP contribution is -2.32. The summed E-state index contributed by atoms with van der Waals surface area (Å²) in [4.78, 5) is 12.5. The Morgan fingerprint density at radius 3 is 2.85 bits per heavy atom. The topological polar surface area (TPSA) is 81.4 Å². The third kappa shape index (κ3) is 5.26. The summed E-state index contributed by atoms with van der Waals surface area (Å²) in [6.45, 7) is 6.46. The smallest absolute Gasteiger partial charge is 0.251 e. The molecular formula is C20H25N5O2. The van der Waals surface area contributed by atoms with Crippen molar-refractivity contribution < 1.29 is 9.53 Å². The Bertz CT molecular complexity index is 906. The molecule has 0 aliphatic rings. The van der Waals surface area contributed by atoms with Gasteiger partial charge in [0.15, 0.2) is 5.65 Å². The molecule has 3 rings (SSSR count). The quantitative estimate of drug-likeness (QED) is 0.654. The number of nitrogens with one attached hydrogen (secondary N) is 1. The molecule has 1 atom stereocenters. The van der Waals surface area contributed by atoms with Crippen molar-refractivity contribution in [1.29, 1.82) is 0 Å². The lowest BCUT2D eigenvalue weighted by Gasteiger charge is -2.15. The Morgan fingerprint density at radius 1 is 1.19 bits per heavy atom. The van der Waals surface area contributed by atoms with Gasteiger partial charge in [-0.15, -0.1) is 15.3 Å². The van der Waals surface area contributed by atoms with E-state index < -0.39 is 0 Å². The van der Waals surface area contributed by atoms with Gasteiger partial charge in [-0.2, -0.15) is 4.52 Å². The fraction of sp³-hybridized carbons (Fsp3) is 0.400. The number of amides is 1. The van der Waals surface area contributed by atoms with Gasteiger partial charge in [-0.25, -0.2) is 0 Å². The number of ether oxygens (including phenoxy) is 1. The van der Waals surface area contributed by atoms with Crippen LogP contribution in [0.25, 0.3) is 5.65 Å². The standard InChI is InChI=1S/C20H25N5O2/c1-14(2)6-4-7-15(3)22-20(26)16-8-5-9-17(12-16)27-19-11-10-18-23-21-13-25(18)24-19/h5,8-15H,4,6-7H2,1-3H3,(H,22,26). The maximum Gasteiger partial charge on any atom is 0.251 e. The summed E-state index contributed by atoms with van der Waals surface area (Å²) < 4.78 is 7.31. The first-order chi connectivity index (χ1) is 13.0. The van der Waals surface area contributed by atoms with E-state index in [-0.39, 0.29) is 11.9 Å². The number of carbonyl (C=O) groups excluding carboxylic acids is 1. The number of carbonyl (C=O) groups is 1. The molecule has 7 heteroatoms. The molecule has 1 unspecified atom stereocenters. The van der Waals surface area contributed by atoms with Crippen LogP contribution < -0.4 is 10.1 Å². The highest BCUT2D eigenvalue weighted by Gasteiger charge is 2.11. The van der Waals surface area contributed by atoms with Crippen molar-refractivity contribution in [2.24, 2.45) is 5.92 Å². The average Bonchev–Trinajstić information content (AvgIpc) is 3.09. The first kappa shape index (κ1) is 18.8. The molecule has 0 saturated carbocycles. The number of hydrogen-bond donors (Lipinski definition) is 1. The lowest BCUT2D eigenvalue weighted by molar-refractivity contribution is 0.0937. The molecule has 0 saturated heterocycles. The van der Waals surface area contributed by atoms with Crippen molar-refractivity contribution >= 4 is 11.6 Å². The first-order valence-electron chi connectivity index (χ1n) is 9.27. The Hall–Kier alpha value is -2.96. The maximum absolute atomic E-state index is 12.5. The van der Waals surface area contributed by atoms with Crippen molar-refractivity contribution in [3.8, 4) is 11.6 Å². The highest BCUT2D eigenvalue weighted by atomic mass is 16.5. The predicted molar refractivity (Wildman–Crippen MR) is 103 cm³/mol. The molecule has 7 nitrogen and oxygen atoms in total. The van der Waals surface area contributed by atoms with Crippen LogP contribution in [0.2, 0.25) is 0 Å². The number of hydrogen-bond acceptors (Lipinski definition) is 5. The Labute approximate surface area is 158 Å². The van der Waals surface area contributed by atoms with E-state index in [1.165, 1.54) is 17.3 Å². The van der Waals surface area contributed by atoms with Gasteiger partial charge in [-0.3, -0.25) is 4.79 Å². The number of nitrogens with zero attached hydrogens (tertiary/aromatic N) is 4. The molecule has 0 aliphatic carbocycles. The maximum atomic E-state index is 12.5. The Morgan fingerprint density at radius 2 is 2.04 bits per heavy atom. The minimum Gasteiger partial charge on any atom is -0.438 e. The van der Waals surface area contributed by atoms with Gasteiger partial charge in [-0.1, -0.05) is 32.8 Å². The summed E-state index contributed by atoms with van der Waals surface area (Å²) in [6.07, 6.45) is 4.77. The predicted octanol–water partition coefficient (Wildman–Crippen LogP) is 3.86. The molecule has 0 fully saturated rings. The number of fused-ring (bicyclic) bond motifs is 1.